The van der Waals surface area contributed by atoms with Crippen molar-refractivity contribution in [1.29, 1.82) is 0 Å². The minimum absolute atomic E-state index is 0.0172. The van der Waals surface area contributed by atoms with Crippen LogP contribution in [0.5, 0.6) is 11.5 Å². The first-order valence-corrected chi connectivity index (χ1v) is 13.0. The van der Waals surface area contributed by atoms with Gasteiger partial charge in [-0.2, -0.15) is 0 Å². The van der Waals surface area contributed by atoms with Gasteiger partial charge in [0.05, 0.1) is 31.0 Å². The van der Waals surface area contributed by atoms with E-state index in [-0.39, 0.29) is 27.9 Å². The highest BCUT2D eigenvalue weighted by molar-refractivity contribution is 7.17. The van der Waals surface area contributed by atoms with E-state index < -0.39 is 23.7 Å². The van der Waals surface area contributed by atoms with Gasteiger partial charge in [0.25, 0.3) is 5.78 Å². The number of carbonyl (C=O) groups is 3. The topological polar surface area (TPSA) is 115 Å². The molecule has 1 aromatic heterocycles. The van der Waals surface area contributed by atoms with Crippen LogP contribution in [-0.2, 0) is 14.3 Å². The van der Waals surface area contributed by atoms with Gasteiger partial charge in [0.1, 0.15) is 28.7 Å². The number of nitrogens with zero attached hydrogens (tertiary/aromatic N) is 2. The zero-order valence-electron chi connectivity index (χ0n) is 22.0. The lowest BCUT2D eigenvalue weighted by Gasteiger charge is -2.23. The zero-order valence-corrected chi connectivity index (χ0v) is 22.8. The first-order valence-electron chi connectivity index (χ1n) is 12.2. The average Bonchev–Trinajstić information content (AvgIpc) is 3.44. The molecule has 0 spiro atoms. The monoisotopic (exact) mass is 548 g/mol. The fourth-order valence-corrected chi connectivity index (χ4v) is 5.26. The van der Waals surface area contributed by atoms with Crippen LogP contribution in [0.1, 0.15) is 45.0 Å². The number of aryl methyl sites for hydroxylation is 2. The van der Waals surface area contributed by atoms with Gasteiger partial charge in [-0.1, -0.05) is 36.1 Å². The van der Waals surface area contributed by atoms with Crippen molar-refractivity contribution in [3.8, 4) is 11.5 Å². The zero-order chi connectivity index (χ0) is 28.3. The molecule has 1 fully saturated rings. The number of carbonyl (C=O) groups excluding carboxylic acids is 3. The summed E-state index contributed by atoms with van der Waals surface area (Å²) in [6, 6.07) is 10.8. The van der Waals surface area contributed by atoms with Crippen molar-refractivity contribution >= 4 is 39.9 Å². The Hall–Kier alpha value is -4.44. The number of esters is 1. The molecule has 2 aromatic carbocycles. The maximum absolute atomic E-state index is 13.5. The minimum Gasteiger partial charge on any atom is -0.507 e. The average molecular weight is 549 g/mol. The molecule has 1 saturated heterocycles. The predicted molar refractivity (Wildman–Crippen MR) is 147 cm³/mol. The van der Waals surface area contributed by atoms with Crippen LogP contribution in [0.25, 0.3) is 5.76 Å². The lowest BCUT2D eigenvalue weighted by atomic mass is 9.95. The number of thiazole rings is 1. The maximum Gasteiger partial charge on any atom is 0.350 e. The second-order valence-corrected chi connectivity index (χ2v) is 9.63. The molecule has 10 heteroatoms. The number of aliphatic hydroxyl groups excluding tert-OH is 1. The van der Waals surface area contributed by atoms with Gasteiger partial charge in [-0.05, 0) is 62.2 Å². The van der Waals surface area contributed by atoms with Crippen molar-refractivity contribution in [2.45, 2.75) is 26.8 Å². The Bertz CT molecular complexity index is 1470. The van der Waals surface area contributed by atoms with E-state index >= 15 is 0 Å². The molecule has 2 heterocycles. The van der Waals surface area contributed by atoms with Gasteiger partial charge in [-0.15, -0.1) is 0 Å². The Morgan fingerprint density at radius 2 is 1.90 bits per heavy atom. The number of hydrogen-bond donors (Lipinski definition) is 1. The number of aliphatic hydroxyl groups is 1. The second kappa shape index (κ2) is 11.5. The molecule has 1 amide bonds. The molecule has 1 aliphatic rings. The Kier molecular flexibility index (Phi) is 8.15. The molecule has 1 aliphatic heterocycles. The van der Waals surface area contributed by atoms with Gasteiger partial charge in [0.15, 0.2) is 5.13 Å². The predicted octanol–water partition coefficient (Wildman–Crippen LogP) is 5.14. The van der Waals surface area contributed by atoms with Crippen LogP contribution in [0.2, 0.25) is 0 Å². The smallest absolute Gasteiger partial charge is 0.350 e. The molecular weight excluding hydrogens is 520 g/mol. The summed E-state index contributed by atoms with van der Waals surface area (Å²) < 4.78 is 16.0. The molecule has 0 bridgehead atoms. The summed E-state index contributed by atoms with van der Waals surface area (Å²) in [6.07, 6.45) is 1.44. The van der Waals surface area contributed by atoms with Crippen LogP contribution in [0, 0.1) is 13.8 Å². The number of hydrogen-bond acceptors (Lipinski definition) is 9. The molecule has 1 N–H and O–H groups in total. The van der Waals surface area contributed by atoms with Gasteiger partial charge in [0, 0.05) is 5.56 Å². The molecule has 0 radical (unpaired) electrons. The number of Topliss-reactive ketones (excluding diaryl/α,β-unsaturated/α-hetero) is 1. The van der Waals surface area contributed by atoms with E-state index in [9.17, 15) is 19.5 Å². The summed E-state index contributed by atoms with van der Waals surface area (Å²) in [5.41, 5.74) is 1.91. The number of ether oxygens (including phenoxy) is 3. The van der Waals surface area contributed by atoms with E-state index in [0.717, 1.165) is 16.9 Å². The van der Waals surface area contributed by atoms with E-state index in [1.807, 2.05) is 13.8 Å². The van der Waals surface area contributed by atoms with Crippen LogP contribution in [0.4, 0.5) is 5.13 Å². The number of aromatic nitrogens is 1. The fraction of sp³-hybridized carbons (Fsp3) is 0.241. The van der Waals surface area contributed by atoms with Crippen LogP contribution < -0.4 is 14.4 Å². The number of ketones is 1. The number of rotatable bonds is 9. The van der Waals surface area contributed by atoms with Crippen molar-refractivity contribution in [2.75, 3.05) is 25.2 Å². The number of amides is 1. The first kappa shape index (κ1) is 27.6. The Morgan fingerprint density at radius 3 is 2.51 bits per heavy atom. The Balaban J connectivity index is 1.87. The highest BCUT2D eigenvalue weighted by Crippen LogP contribution is 2.44. The van der Waals surface area contributed by atoms with E-state index in [1.54, 1.807) is 49.4 Å². The molecule has 0 aliphatic carbocycles. The summed E-state index contributed by atoms with van der Waals surface area (Å²) in [4.78, 5) is 45.3. The van der Waals surface area contributed by atoms with Gasteiger partial charge < -0.3 is 19.3 Å². The van der Waals surface area contributed by atoms with Gasteiger partial charge in [0.2, 0.25) is 0 Å². The van der Waals surface area contributed by atoms with E-state index in [4.69, 9.17) is 14.2 Å². The quantitative estimate of drug-likeness (QED) is 0.129. The van der Waals surface area contributed by atoms with Gasteiger partial charge in [-0.25, -0.2) is 9.78 Å². The molecule has 39 heavy (non-hydrogen) atoms. The van der Waals surface area contributed by atoms with E-state index in [0.29, 0.717) is 34.9 Å². The highest BCUT2D eigenvalue weighted by Gasteiger charge is 2.48. The SMILES string of the molecule is C=CCOC(=O)c1sc(N2C(=O)C(=O)/C(=C(/O)c3ccc(OCC)c(C)c3)C2c2ccc(OC)cc2)nc1C. The van der Waals surface area contributed by atoms with E-state index in [2.05, 4.69) is 11.6 Å². The summed E-state index contributed by atoms with van der Waals surface area (Å²) >= 11 is 0.934. The number of methoxy groups -OCH3 is 1. The maximum atomic E-state index is 13.5. The summed E-state index contributed by atoms with van der Waals surface area (Å²) in [7, 11) is 1.53. The number of benzene rings is 2. The minimum atomic E-state index is -1.01. The van der Waals surface area contributed by atoms with Gasteiger partial charge in [-0.3, -0.25) is 14.5 Å². The molecule has 3 aromatic rings. The lowest BCUT2D eigenvalue weighted by Crippen LogP contribution is -2.29. The van der Waals surface area contributed by atoms with Crippen LogP contribution in [0.15, 0.2) is 60.7 Å². The third kappa shape index (κ3) is 5.28. The summed E-state index contributed by atoms with van der Waals surface area (Å²) in [5.74, 6) is -1.46. The fourth-order valence-electron chi connectivity index (χ4n) is 4.28. The largest absolute Gasteiger partial charge is 0.507 e. The molecule has 4 rings (SSSR count). The second-order valence-electron chi connectivity index (χ2n) is 8.65. The highest BCUT2D eigenvalue weighted by atomic mass is 32.1. The molecular formula is C29H28N2O7S. The van der Waals surface area contributed by atoms with Crippen molar-refractivity contribution in [2.24, 2.45) is 0 Å². The summed E-state index contributed by atoms with van der Waals surface area (Å²) in [5, 5.41) is 11.5. The lowest BCUT2D eigenvalue weighted by molar-refractivity contribution is -0.132. The summed E-state index contributed by atoms with van der Waals surface area (Å²) in [6.45, 7) is 9.34. The van der Waals surface area contributed by atoms with Crippen molar-refractivity contribution < 1.29 is 33.7 Å². The standard InChI is InChI=1S/C29H28N2O7S/c1-6-14-38-28(35)26-17(4)30-29(39-26)31-23(18-8-11-20(36-5)12-9-18)22(25(33)27(31)34)24(32)19-10-13-21(37-7-2)16(3)15-19/h6,8-13,15,23,32H,1,7,14H2,2-5H3/b24-22+. The van der Waals surface area contributed by atoms with Gasteiger partial charge >= 0.3 is 11.9 Å². The Morgan fingerprint density at radius 1 is 1.18 bits per heavy atom. The number of anilines is 1. The van der Waals surface area contributed by atoms with Crippen molar-refractivity contribution in [3.63, 3.8) is 0 Å². The van der Waals surface area contributed by atoms with Crippen LogP contribution in [0.3, 0.4) is 0 Å². The van der Waals surface area contributed by atoms with E-state index in [1.165, 1.54) is 18.1 Å². The van der Waals surface area contributed by atoms with Crippen molar-refractivity contribution in [1.82, 2.24) is 4.98 Å². The van der Waals surface area contributed by atoms with Crippen molar-refractivity contribution in [3.05, 3.63) is 88.0 Å². The molecule has 9 nitrogen and oxygen atoms in total. The molecule has 202 valence electrons. The third-order valence-corrected chi connectivity index (χ3v) is 7.27. The third-order valence-electron chi connectivity index (χ3n) is 6.13. The Labute approximate surface area is 230 Å². The van der Waals surface area contributed by atoms with Crippen LogP contribution in [-0.4, -0.2) is 48.1 Å². The normalized spacial score (nSPS) is 16.3. The molecule has 1 atom stereocenters. The molecule has 1 unspecified atom stereocenters. The first-order chi connectivity index (χ1) is 18.7. The van der Waals surface area contributed by atoms with Crippen LogP contribution >= 0.6 is 11.3 Å². The molecule has 0 saturated carbocycles.